The largest absolute Gasteiger partial charge is 0.354 e. The van der Waals surface area contributed by atoms with Crippen LogP contribution in [0.1, 0.15) is 21.8 Å². The summed E-state index contributed by atoms with van der Waals surface area (Å²) in [5, 5.41) is 2.03. The Balaban J connectivity index is 1.66. The number of hydrogen-bond donors (Lipinski definition) is 1. The molecule has 0 amide bonds. The molecule has 2 aromatic carbocycles. The van der Waals surface area contributed by atoms with Gasteiger partial charge in [-0.15, -0.1) is 11.3 Å². The third-order valence-corrected chi connectivity index (χ3v) is 5.86. The normalized spacial score (nSPS) is 11.2. The number of fused-ring (bicyclic) bond motifs is 1. The number of thiophene rings is 1. The van der Waals surface area contributed by atoms with E-state index in [2.05, 4.69) is 17.1 Å². The van der Waals surface area contributed by atoms with Crippen LogP contribution in [0.2, 0.25) is 0 Å². The van der Waals surface area contributed by atoms with Gasteiger partial charge in [0.15, 0.2) is 5.82 Å². The second kappa shape index (κ2) is 7.53. The van der Waals surface area contributed by atoms with Crippen LogP contribution in [-0.4, -0.2) is 14.5 Å². The van der Waals surface area contributed by atoms with Crippen molar-refractivity contribution in [2.75, 3.05) is 0 Å². The van der Waals surface area contributed by atoms with E-state index in [0.717, 1.165) is 21.8 Å². The van der Waals surface area contributed by atoms with E-state index in [1.54, 1.807) is 15.9 Å². The summed E-state index contributed by atoms with van der Waals surface area (Å²) in [5.41, 5.74) is 4.59. The van der Waals surface area contributed by atoms with E-state index >= 15 is 0 Å². The molecule has 0 aliphatic carbocycles. The van der Waals surface area contributed by atoms with Crippen LogP contribution in [0.3, 0.4) is 0 Å². The zero-order chi connectivity index (χ0) is 19.6. The van der Waals surface area contributed by atoms with Crippen LogP contribution in [0.5, 0.6) is 0 Å². The monoisotopic (exact) mass is 397 g/mol. The van der Waals surface area contributed by atoms with Crippen molar-refractivity contribution in [2.45, 2.75) is 12.8 Å². The van der Waals surface area contributed by atoms with Crippen molar-refractivity contribution in [1.82, 2.24) is 14.5 Å². The van der Waals surface area contributed by atoms with Crippen molar-refractivity contribution in [3.05, 3.63) is 117 Å². The first kappa shape index (κ1) is 17.6. The molecule has 3 heterocycles. The minimum atomic E-state index is -0.0473. The van der Waals surface area contributed by atoms with Gasteiger partial charge in [-0.3, -0.25) is 9.36 Å². The molecule has 1 aromatic heterocycles. The van der Waals surface area contributed by atoms with Crippen molar-refractivity contribution in [1.29, 1.82) is 0 Å². The minimum Gasteiger partial charge on any atom is -0.354 e. The molecule has 0 saturated carbocycles. The third-order valence-electron chi connectivity index (χ3n) is 4.98. The number of H-pyrrole nitrogens is 1. The molecule has 0 fully saturated rings. The zero-order valence-corrected chi connectivity index (χ0v) is 16.5. The first-order valence-electron chi connectivity index (χ1n) is 9.53. The van der Waals surface area contributed by atoms with Crippen molar-refractivity contribution < 1.29 is 0 Å². The smallest absolute Gasteiger partial charge is 0.278 e. The van der Waals surface area contributed by atoms with Crippen LogP contribution in [0.15, 0.2) is 89.2 Å². The lowest BCUT2D eigenvalue weighted by Gasteiger charge is -2.13. The molecule has 29 heavy (non-hydrogen) atoms. The lowest BCUT2D eigenvalue weighted by Crippen LogP contribution is -2.17. The molecule has 5 heteroatoms. The summed E-state index contributed by atoms with van der Waals surface area (Å²) in [7, 11) is 0. The van der Waals surface area contributed by atoms with E-state index in [1.807, 2.05) is 72.2 Å². The van der Waals surface area contributed by atoms with E-state index in [9.17, 15) is 4.79 Å². The highest BCUT2D eigenvalue weighted by Crippen LogP contribution is 2.24. The summed E-state index contributed by atoms with van der Waals surface area (Å²) in [5.74, 6) is 0.699. The Bertz CT molecular complexity index is 1250. The highest BCUT2D eigenvalue weighted by Gasteiger charge is 2.20. The van der Waals surface area contributed by atoms with Crippen LogP contribution >= 0.6 is 11.3 Å². The first-order valence-corrected chi connectivity index (χ1v) is 10.4. The zero-order valence-electron chi connectivity index (χ0n) is 15.7. The fourth-order valence-electron chi connectivity index (χ4n) is 3.56. The number of aromatic amines is 1. The number of nitrogens with one attached hydrogen (secondary N) is 1. The van der Waals surface area contributed by atoms with Gasteiger partial charge in [0, 0.05) is 23.9 Å². The van der Waals surface area contributed by atoms with Gasteiger partial charge in [0.2, 0.25) is 0 Å². The van der Waals surface area contributed by atoms with Crippen molar-refractivity contribution >= 4 is 11.3 Å². The van der Waals surface area contributed by atoms with E-state index < -0.39 is 0 Å². The molecular formula is C24H19N3OS. The molecule has 0 radical (unpaired) electrons. The summed E-state index contributed by atoms with van der Waals surface area (Å²) in [6.07, 6.45) is 3.11. The summed E-state index contributed by atoms with van der Waals surface area (Å²) in [6.45, 7) is 0. The maximum Gasteiger partial charge on any atom is 0.278 e. The van der Waals surface area contributed by atoms with Gasteiger partial charge in [-0.25, -0.2) is 4.98 Å². The molecule has 0 saturated heterocycles. The standard InChI is InChI=1S/C24H19N3OS/c28-24-21(15-19-12-7-13-29-19)26-23-20(14-17-8-3-1-4-9-17)25-22(16-27(23)24)18-10-5-2-6-11-18/h1-13,16,25H,14-15H2. The first-order chi connectivity index (χ1) is 14.3. The topological polar surface area (TPSA) is 50.7 Å². The van der Waals surface area contributed by atoms with E-state index in [1.165, 1.54) is 5.56 Å². The minimum absolute atomic E-state index is 0.0473. The average Bonchev–Trinajstić information content (AvgIpc) is 3.38. The molecule has 1 N–H and O–H groups in total. The number of benzene rings is 2. The molecule has 0 bridgehead atoms. The van der Waals surface area contributed by atoms with Crippen molar-refractivity contribution in [2.24, 2.45) is 0 Å². The Kier molecular flexibility index (Phi) is 4.58. The Morgan fingerprint density at radius 2 is 1.66 bits per heavy atom. The van der Waals surface area contributed by atoms with Crippen LogP contribution in [0.4, 0.5) is 0 Å². The quantitative estimate of drug-likeness (QED) is 0.458. The third kappa shape index (κ3) is 3.52. The van der Waals surface area contributed by atoms with Crippen LogP contribution < -0.4 is 5.56 Å². The van der Waals surface area contributed by atoms with Gasteiger partial charge in [-0.2, -0.15) is 0 Å². The van der Waals surface area contributed by atoms with Gasteiger partial charge in [-0.05, 0) is 22.6 Å². The summed E-state index contributed by atoms with van der Waals surface area (Å²) in [6, 6.07) is 24.4. The molecule has 2 aliphatic heterocycles. The Morgan fingerprint density at radius 1 is 0.897 bits per heavy atom. The van der Waals surface area contributed by atoms with Gasteiger partial charge < -0.3 is 4.98 Å². The molecular weight excluding hydrogens is 378 g/mol. The highest BCUT2D eigenvalue weighted by molar-refractivity contribution is 7.09. The lowest BCUT2D eigenvalue weighted by molar-refractivity contribution is 0.914. The van der Waals surface area contributed by atoms with E-state index in [-0.39, 0.29) is 5.56 Å². The molecule has 3 aromatic rings. The van der Waals surface area contributed by atoms with Crippen LogP contribution in [0, 0.1) is 0 Å². The highest BCUT2D eigenvalue weighted by atomic mass is 32.1. The number of imidazole rings is 1. The summed E-state index contributed by atoms with van der Waals surface area (Å²) < 4.78 is 1.69. The molecule has 0 unspecified atom stereocenters. The van der Waals surface area contributed by atoms with Gasteiger partial charge >= 0.3 is 0 Å². The number of nitrogens with zero attached hydrogens (tertiary/aromatic N) is 2. The summed E-state index contributed by atoms with van der Waals surface area (Å²) >= 11 is 1.65. The van der Waals surface area contributed by atoms with Gasteiger partial charge in [-0.1, -0.05) is 66.7 Å². The van der Waals surface area contributed by atoms with Crippen molar-refractivity contribution in [3.63, 3.8) is 0 Å². The molecule has 0 spiro atoms. The van der Waals surface area contributed by atoms with Gasteiger partial charge in [0.25, 0.3) is 5.56 Å². The molecule has 2 aliphatic rings. The maximum absolute atomic E-state index is 13.1. The molecule has 0 atom stereocenters. The van der Waals surface area contributed by atoms with E-state index in [4.69, 9.17) is 4.98 Å². The number of aromatic nitrogens is 3. The van der Waals surface area contributed by atoms with Crippen LogP contribution in [0.25, 0.3) is 17.1 Å². The van der Waals surface area contributed by atoms with Gasteiger partial charge in [0.05, 0.1) is 11.4 Å². The SMILES string of the molecule is O=c1c(Cc2cccs2)nc2c(Cc3ccccc3)[nH]c(-c3ccccc3)cn1-2. The van der Waals surface area contributed by atoms with Crippen molar-refractivity contribution in [3.8, 4) is 17.1 Å². The Morgan fingerprint density at radius 3 is 2.38 bits per heavy atom. The van der Waals surface area contributed by atoms with Gasteiger partial charge in [0.1, 0.15) is 5.69 Å². The maximum atomic E-state index is 13.1. The second-order valence-corrected chi connectivity index (χ2v) is 8.02. The molecule has 142 valence electrons. The van der Waals surface area contributed by atoms with E-state index in [0.29, 0.717) is 24.4 Å². The lowest BCUT2D eigenvalue weighted by atomic mass is 10.1. The molecule has 5 rings (SSSR count). The predicted molar refractivity (Wildman–Crippen MR) is 117 cm³/mol. The Labute approximate surface area is 172 Å². The average molecular weight is 398 g/mol. The predicted octanol–water partition coefficient (Wildman–Crippen LogP) is 4.91. The summed E-state index contributed by atoms with van der Waals surface area (Å²) in [4.78, 5) is 22.6. The second-order valence-electron chi connectivity index (χ2n) is 6.99. The number of rotatable bonds is 5. The number of hydrogen-bond acceptors (Lipinski definition) is 3. The fourth-order valence-corrected chi connectivity index (χ4v) is 4.27. The molecule has 4 nitrogen and oxygen atoms in total. The Hall–Kier alpha value is -3.44. The fraction of sp³-hybridized carbons (Fsp3) is 0.0833. The van der Waals surface area contributed by atoms with Crippen LogP contribution in [-0.2, 0) is 12.8 Å².